The van der Waals surface area contributed by atoms with Crippen molar-refractivity contribution in [1.82, 2.24) is 5.32 Å². The van der Waals surface area contributed by atoms with Crippen LogP contribution in [-0.2, 0) is 0 Å². The van der Waals surface area contributed by atoms with Crippen LogP contribution in [0.2, 0.25) is 0 Å². The number of nitrogens with one attached hydrogen (secondary N) is 3. The molecular formula is C23H27N3O5. The molecule has 1 amide bonds. The fourth-order valence-corrected chi connectivity index (χ4v) is 3.56. The molecule has 0 saturated carbocycles. The number of carbonyl (C=O) groups excluding carboxylic acids is 1. The summed E-state index contributed by atoms with van der Waals surface area (Å²) >= 11 is 0. The average Bonchev–Trinajstić information content (AvgIpc) is 3.15. The second-order valence-corrected chi connectivity index (χ2v) is 7.73. The fraction of sp³-hybridized carbons (Fsp3) is 0.348. The van der Waals surface area contributed by atoms with Crippen molar-refractivity contribution >= 4 is 23.0 Å². The molecule has 2 aromatic carbocycles. The molecule has 0 saturated heterocycles. The van der Waals surface area contributed by atoms with Gasteiger partial charge in [0, 0.05) is 7.05 Å². The van der Waals surface area contributed by atoms with Crippen molar-refractivity contribution in [2.75, 3.05) is 17.7 Å². The molecule has 0 fully saturated rings. The van der Waals surface area contributed by atoms with E-state index in [1.807, 2.05) is 19.9 Å². The molecular weight excluding hydrogens is 398 g/mol. The van der Waals surface area contributed by atoms with Crippen LogP contribution in [0.1, 0.15) is 66.6 Å². The third-order valence-corrected chi connectivity index (χ3v) is 5.35. The van der Waals surface area contributed by atoms with Gasteiger partial charge in [-0.3, -0.25) is 14.4 Å². The summed E-state index contributed by atoms with van der Waals surface area (Å²) in [5.41, 5.74) is 0.131. The number of rotatable bonds is 8. The molecule has 0 aliphatic heterocycles. The molecule has 31 heavy (non-hydrogen) atoms. The quantitative estimate of drug-likeness (QED) is 0.321. The molecule has 0 bridgehead atoms. The summed E-state index contributed by atoms with van der Waals surface area (Å²) in [6.45, 7) is 8.00. The molecule has 3 aromatic rings. The molecule has 1 aromatic heterocycles. The maximum atomic E-state index is 12.3. The second kappa shape index (κ2) is 8.67. The predicted octanol–water partition coefficient (Wildman–Crippen LogP) is 3.68. The third-order valence-electron chi connectivity index (χ3n) is 5.35. The van der Waals surface area contributed by atoms with Crippen LogP contribution < -0.4 is 26.8 Å². The Hall–Kier alpha value is -3.55. The molecule has 1 atom stereocenters. The summed E-state index contributed by atoms with van der Waals surface area (Å²) in [6, 6.07) is 6.21. The Morgan fingerprint density at radius 2 is 1.84 bits per heavy atom. The zero-order chi connectivity index (χ0) is 22.9. The largest absolute Gasteiger partial charge is 0.505 e. The van der Waals surface area contributed by atoms with Gasteiger partial charge in [0.15, 0.2) is 5.75 Å². The van der Waals surface area contributed by atoms with E-state index in [4.69, 9.17) is 4.42 Å². The molecule has 8 nitrogen and oxygen atoms in total. The van der Waals surface area contributed by atoms with Gasteiger partial charge in [-0.15, -0.1) is 0 Å². The Bertz CT molecular complexity index is 1180. The Morgan fingerprint density at radius 3 is 2.42 bits per heavy atom. The second-order valence-electron chi connectivity index (χ2n) is 7.73. The van der Waals surface area contributed by atoms with Crippen molar-refractivity contribution in [3.8, 4) is 5.75 Å². The van der Waals surface area contributed by atoms with Crippen LogP contribution in [0, 0.1) is 6.92 Å². The van der Waals surface area contributed by atoms with E-state index in [1.165, 1.54) is 19.2 Å². The van der Waals surface area contributed by atoms with Crippen molar-refractivity contribution in [1.29, 1.82) is 0 Å². The minimum Gasteiger partial charge on any atom is -0.505 e. The van der Waals surface area contributed by atoms with Crippen LogP contribution in [0.15, 0.2) is 38.3 Å². The lowest BCUT2D eigenvalue weighted by atomic mass is 10.0. The number of hydrogen-bond donors (Lipinski definition) is 4. The number of benzene rings is 1. The highest BCUT2D eigenvalue weighted by Crippen LogP contribution is 2.34. The van der Waals surface area contributed by atoms with Crippen molar-refractivity contribution < 1.29 is 14.3 Å². The van der Waals surface area contributed by atoms with Crippen molar-refractivity contribution in [2.24, 2.45) is 0 Å². The number of carbonyl (C=O) groups is 1. The molecule has 1 heterocycles. The Morgan fingerprint density at radius 1 is 1.16 bits per heavy atom. The molecule has 0 aliphatic carbocycles. The highest BCUT2D eigenvalue weighted by atomic mass is 16.3. The van der Waals surface area contributed by atoms with Crippen LogP contribution in [-0.4, -0.2) is 18.1 Å². The minimum absolute atomic E-state index is 0.0418. The van der Waals surface area contributed by atoms with Gasteiger partial charge in [-0.2, -0.15) is 0 Å². The first kappa shape index (κ1) is 22.1. The van der Waals surface area contributed by atoms with Gasteiger partial charge in [-0.05, 0) is 43.0 Å². The number of aromatic hydroxyl groups is 1. The zero-order valence-corrected chi connectivity index (χ0v) is 18.3. The van der Waals surface area contributed by atoms with E-state index in [0.717, 1.165) is 11.3 Å². The lowest BCUT2D eigenvalue weighted by Gasteiger charge is -2.20. The van der Waals surface area contributed by atoms with E-state index in [-0.39, 0.29) is 34.4 Å². The van der Waals surface area contributed by atoms with Gasteiger partial charge >= 0.3 is 0 Å². The van der Waals surface area contributed by atoms with E-state index < -0.39 is 16.8 Å². The molecule has 0 unspecified atom stereocenters. The fourth-order valence-electron chi connectivity index (χ4n) is 3.56. The number of amides is 1. The predicted molar refractivity (Wildman–Crippen MR) is 120 cm³/mol. The first-order valence-electron chi connectivity index (χ1n) is 10.2. The number of furan rings is 1. The van der Waals surface area contributed by atoms with Gasteiger partial charge in [0.25, 0.3) is 16.8 Å². The summed E-state index contributed by atoms with van der Waals surface area (Å²) in [6.07, 6.45) is 0.625. The number of anilines is 3. The van der Waals surface area contributed by atoms with Crippen LogP contribution in [0.4, 0.5) is 17.1 Å². The normalized spacial score (nSPS) is 12.2. The summed E-state index contributed by atoms with van der Waals surface area (Å²) in [7, 11) is 1.45. The Labute approximate surface area is 180 Å². The number of para-hydroxylation sites is 1. The maximum Gasteiger partial charge on any atom is 0.254 e. The van der Waals surface area contributed by atoms with E-state index >= 15 is 0 Å². The summed E-state index contributed by atoms with van der Waals surface area (Å²) in [5.74, 6) is 1.03. The van der Waals surface area contributed by atoms with E-state index in [1.54, 1.807) is 6.07 Å². The average molecular weight is 425 g/mol. The first-order chi connectivity index (χ1) is 14.7. The highest BCUT2D eigenvalue weighted by Gasteiger charge is 2.27. The summed E-state index contributed by atoms with van der Waals surface area (Å²) < 4.78 is 5.90. The molecule has 4 N–H and O–H groups in total. The van der Waals surface area contributed by atoms with Crippen LogP contribution >= 0.6 is 0 Å². The first-order valence-corrected chi connectivity index (χ1v) is 10.2. The van der Waals surface area contributed by atoms with Crippen molar-refractivity contribution in [3.05, 3.63) is 67.4 Å². The molecule has 164 valence electrons. The molecule has 3 rings (SSSR count). The standard InChI is InChI=1S/C23H27N3O5/c1-6-15(17-10-14(11(2)3)12(4)31-17)25-18-19(22(29)21(18)28)26-16-9-7-8-13(20(16)27)23(30)24-5/h7-11,15,25-27H,6H2,1-5H3,(H,24,30)/t15-/m1/s1. The minimum atomic E-state index is -0.694. The van der Waals surface area contributed by atoms with Crippen LogP contribution in [0.25, 0.3) is 0 Å². The van der Waals surface area contributed by atoms with Crippen LogP contribution in [0.3, 0.4) is 0 Å². The van der Waals surface area contributed by atoms with Gasteiger partial charge in [0.2, 0.25) is 0 Å². The molecule has 0 radical (unpaired) electrons. The number of phenols is 1. The van der Waals surface area contributed by atoms with E-state index in [2.05, 4.69) is 29.8 Å². The topological polar surface area (TPSA) is 121 Å². The summed E-state index contributed by atoms with van der Waals surface area (Å²) in [4.78, 5) is 36.4. The SMILES string of the molecule is CC[C@@H](Nc1c(Nc2cccc(C(=O)NC)c2O)c(=O)c1=O)c1cc(C(C)C)c(C)o1. The van der Waals surface area contributed by atoms with Gasteiger partial charge in [-0.1, -0.05) is 26.8 Å². The van der Waals surface area contributed by atoms with Gasteiger partial charge in [-0.25, -0.2) is 0 Å². The number of aryl methyl sites for hydroxylation is 1. The maximum absolute atomic E-state index is 12.3. The highest BCUT2D eigenvalue weighted by molar-refractivity contribution is 5.99. The van der Waals surface area contributed by atoms with Crippen molar-refractivity contribution in [2.45, 2.75) is 46.1 Å². The van der Waals surface area contributed by atoms with Gasteiger partial charge < -0.3 is 25.5 Å². The van der Waals surface area contributed by atoms with Gasteiger partial charge in [0.1, 0.15) is 22.9 Å². The monoisotopic (exact) mass is 425 g/mol. The lowest BCUT2D eigenvalue weighted by molar-refractivity contribution is 0.0960. The molecule has 0 spiro atoms. The van der Waals surface area contributed by atoms with E-state index in [0.29, 0.717) is 18.1 Å². The lowest BCUT2D eigenvalue weighted by Crippen LogP contribution is -2.37. The smallest absolute Gasteiger partial charge is 0.254 e. The summed E-state index contributed by atoms with van der Waals surface area (Å²) in [5, 5.41) is 18.8. The third kappa shape index (κ3) is 4.05. The molecule has 0 aliphatic rings. The number of phenolic OH excluding ortho intramolecular Hbond substituents is 1. The van der Waals surface area contributed by atoms with Crippen molar-refractivity contribution in [3.63, 3.8) is 0 Å². The zero-order valence-electron chi connectivity index (χ0n) is 18.3. The van der Waals surface area contributed by atoms with Gasteiger partial charge in [0.05, 0.1) is 17.3 Å². The Kier molecular flexibility index (Phi) is 6.19. The number of hydrogen-bond acceptors (Lipinski definition) is 7. The van der Waals surface area contributed by atoms with E-state index in [9.17, 15) is 19.5 Å². The Balaban J connectivity index is 1.90. The molecule has 8 heteroatoms. The van der Waals surface area contributed by atoms with Crippen LogP contribution in [0.5, 0.6) is 5.75 Å².